The summed E-state index contributed by atoms with van der Waals surface area (Å²) >= 11 is 0. The molecule has 3 aromatic rings. The van der Waals surface area contributed by atoms with Crippen LogP contribution in [0.5, 0.6) is 17.2 Å². The molecule has 8 heteroatoms. The largest absolute Gasteiger partial charge is 0.493 e. The lowest BCUT2D eigenvalue weighted by Gasteiger charge is -2.15. The van der Waals surface area contributed by atoms with Crippen LogP contribution in [0.3, 0.4) is 0 Å². The van der Waals surface area contributed by atoms with Gasteiger partial charge in [0.2, 0.25) is 5.95 Å². The van der Waals surface area contributed by atoms with Crippen molar-refractivity contribution in [2.24, 2.45) is 0 Å². The minimum Gasteiger partial charge on any atom is -0.493 e. The first kappa shape index (κ1) is 19.2. The van der Waals surface area contributed by atoms with Crippen LogP contribution >= 0.6 is 0 Å². The predicted octanol–water partition coefficient (Wildman–Crippen LogP) is 4.16. The summed E-state index contributed by atoms with van der Waals surface area (Å²) in [5.74, 6) is 2.88. The van der Waals surface area contributed by atoms with Crippen molar-refractivity contribution in [1.82, 2.24) is 15.2 Å². The molecule has 0 saturated heterocycles. The maximum atomic E-state index is 5.81. The summed E-state index contributed by atoms with van der Waals surface area (Å²) in [6, 6.07) is 13.1. The maximum Gasteiger partial charge on any atom is 0.249 e. The topological polar surface area (TPSA) is 90.4 Å². The molecule has 0 aliphatic heterocycles. The van der Waals surface area contributed by atoms with Crippen molar-refractivity contribution in [3.63, 3.8) is 0 Å². The van der Waals surface area contributed by atoms with Crippen LogP contribution in [0.15, 0.2) is 48.7 Å². The van der Waals surface area contributed by atoms with E-state index < -0.39 is 0 Å². The molecule has 2 aromatic carbocycles. The average molecular weight is 381 g/mol. The van der Waals surface area contributed by atoms with Gasteiger partial charge in [-0.05, 0) is 38.1 Å². The smallest absolute Gasteiger partial charge is 0.249 e. The number of aromatic nitrogens is 3. The number of hydrogen-bond acceptors (Lipinski definition) is 8. The van der Waals surface area contributed by atoms with E-state index >= 15 is 0 Å². The second-order valence-corrected chi connectivity index (χ2v) is 6.15. The molecule has 146 valence electrons. The summed E-state index contributed by atoms with van der Waals surface area (Å²) in [4.78, 5) is 4.46. The van der Waals surface area contributed by atoms with Gasteiger partial charge in [-0.25, -0.2) is 0 Å². The third-order valence-electron chi connectivity index (χ3n) is 3.71. The number of anilines is 4. The molecule has 0 aliphatic carbocycles. The lowest BCUT2D eigenvalue weighted by molar-refractivity contribution is 0.244. The summed E-state index contributed by atoms with van der Waals surface area (Å²) in [6.45, 7) is 3.95. The van der Waals surface area contributed by atoms with Crippen molar-refractivity contribution in [3.8, 4) is 17.2 Å². The molecule has 0 radical (unpaired) electrons. The van der Waals surface area contributed by atoms with Gasteiger partial charge in [0.25, 0.3) is 0 Å². The Morgan fingerprint density at radius 2 is 1.68 bits per heavy atom. The van der Waals surface area contributed by atoms with Crippen molar-refractivity contribution in [1.29, 1.82) is 0 Å². The van der Waals surface area contributed by atoms with Crippen LogP contribution in [-0.4, -0.2) is 35.5 Å². The Bertz CT molecular complexity index is 933. The van der Waals surface area contributed by atoms with Gasteiger partial charge in [0, 0.05) is 11.8 Å². The van der Waals surface area contributed by atoms with E-state index in [1.54, 1.807) is 20.4 Å². The summed E-state index contributed by atoms with van der Waals surface area (Å²) in [5, 5.41) is 14.4. The van der Waals surface area contributed by atoms with E-state index in [0.717, 1.165) is 17.1 Å². The minimum absolute atomic E-state index is 0.0556. The summed E-state index contributed by atoms with van der Waals surface area (Å²) < 4.78 is 16.4. The highest BCUT2D eigenvalue weighted by atomic mass is 16.5. The number of nitrogens with one attached hydrogen (secondary N) is 2. The lowest BCUT2D eigenvalue weighted by atomic mass is 10.2. The molecule has 0 saturated carbocycles. The summed E-state index contributed by atoms with van der Waals surface area (Å²) in [6.07, 6.45) is 1.60. The van der Waals surface area contributed by atoms with Crippen molar-refractivity contribution in [3.05, 3.63) is 48.7 Å². The highest BCUT2D eigenvalue weighted by Gasteiger charge is 2.09. The standard InChI is InChI=1S/C20H23N5O3/c1-13(2)28-16-8-6-5-7-15(16)23-20-24-19(12-21-25-20)22-14-9-10-17(26-3)18(11-14)27-4/h5-13H,1-4H3,(H2,22,23,24,25). The number of benzene rings is 2. The molecule has 1 aromatic heterocycles. The molecule has 1 heterocycles. The molecule has 0 amide bonds. The predicted molar refractivity (Wildman–Crippen MR) is 108 cm³/mol. The monoisotopic (exact) mass is 381 g/mol. The maximum absolute atomic E-state index is 5.81. The Morgan fingerprint density at radius 3 is 2.43 bits per heavy atom. The molecule has 0 aliphatic rings. The normalized spacial score (nSPS) is 10.5. The Hall–Kier alpha value is -3.55. The fraction of sp³-hybridized carbons (Fsp3) is 0.250. The first-order valence-electron chi connectivity index (χ1n) is 8.80. The number of ether oxygens (including phenoxy) is 3. The zero-order valence-corrected chi connectivity index (χ0v) is 16.3. The molecule has 0 bridgehead atoms. The van der Waals surface area contributed by atoms with E-state index in [1.165, 1.54) is 0 Å². The third-order valence-corrected chi connectivity index (χ3v) is 3.71. The molecule has 0 atom stereocenters. The fourth-order valence-electron chi connectivity index (χ4n) is 2.53. The molecule has 2 N–H and O–H groups in total. The van der Waals surface area contributed by atoms with Gasteiger partial charge in [0.15, 0.2) is 17.3 Å². The van der Waals surface area contributed by atoms with Crippen LogP contribution in [0.1, 0.15) is 13.8 Å². The van der Waals surface area contributed by atoms with Crippen molar-refractivity contribution < 1.29 is 14.2 Å². The molecule has 0 fully saturated rings. The molecule has 28 heavy (non-hydrogen) atoms. The van der Waals surface area contributed by atoms with E-state index in [9.17, 15) is 0 Å². The van der Waals surface area contributed by atoms with Crippen LogP contribution in [0.2, 0.25) is 0 Å². The van der Waals surface area contributed by atoms with Gasteiger partial charge in [-0.2, -0.15) is 10.1 Å². The van der Waals surface area contributed by atoms with Gasteiger partial charge in [-0.15, -0.1) is 5.10 Å². The average Bonchev–Trinajstić information content (AvgIpc) is 2.69. The van der Waals surface area contributed by atoms with Crippen LogP contribution < -0.4 is 24.8 Å². The van der Waals surface area contributed by atoms with E-state index in [2.05, 4.69) is 25.8 Å². The van der Waals surface area contributed by atoms with E-state index in [4.69, 9.17) is 14.2 Å². The number of hydrogen-bond donors (Lipinski definition) is 2. The van der Waals surface area contributed by atoms with Gasteiger partial charge in [-0.1, -0.05) is 12.1 Å². The highest BCUT2D eigenvalue weighted by Crippen LogP contribution is 2.31. The highest BCUT2D eigenvalue weighted by molar-refractivity contribution is 5.64. The van der Waals surface area contributed by atoms with Crippen LogP contribution in [0.25, 0.3) is 0 Å². The molecular formula is C20H23N5O3. The number of para-hydroxylation sites is 2. The fourth-order valence-corrected chi connectivity index (χ4v) is 2.53. The van der Waals surface area contributed by atoms with Gasteiger partial charge >= 0.3 is 0 Å². The van der Waals surface area contributed by atoms with Crippen LogP contribution in [0.4, 0.5) is 23.1 Å². The quantitative estimate of drug-likeness (QED) is 0.601. The number of methoxy groups -OCH3 is 2. The SMILES string of the molecule is COc1ccc(Nc2cnnc(Nc3ccccc3OC(C)C)n2)cc1OC. The zero-order chi connectivity index (χ0) is 19.9. The second kappa shape index (κ2) is 8.90. The van der Waals surface area contributed by atoms with Crippen molar-refractivity contribution in [2.45, 2.75) is 20.0 Å². The van der Waals surface area contributed by atoms with E-state index in [1.807, 2.05) is 56.3 Å². The van der Waals surface area contributed by atoms with Gasteiger partial charge < -0.3 is 24.8 Å². The first-order chi connectivity index (χ1) is 13.6. The zero-order valence-electron chi connectivity index (χ0n) is 16.3. The summed E-state index contributed by atoms with van der Waals surface area (Å²) in [7, 11) is 3.19. The molecule has 8 nitrogen and oxygen atoms in total. The van der Waals surface area contributed by atoms with Gasteiger partial charge in [0.05, 0.1) is 32.2 Å². The molecular weight excluding hydrogens is 358 g/mol. The third kappa shape index (κ3) is 4.79. The number of nitrogens with zero attached hydrogens (tertiary/aromatic N) is 3. The Morgan fingerprint density at radius 1 is 0.893 bits per heavy atom. The first-order valence-corrected chi connectivity index (χ1v) is 8.80. The van der Waals surface area contributed by atoms with Gasteiger partial charge in [0.1, 0.15) is 5.75 Å². The lowest BCUT2D eigenvalue weighted by Crippen LogP contribution is -2.08. The van der Waals surface area contributed by atoms with Crippen LogP contribution in [0, 0.1) is 0 Å². The Balaban J connectivity index is 1.78. The van der Waals surface area contributed by atoms with Crippen LogP contribution in [-0.2, 0) is 0 Å². The van der Waals surface area contributed by atoms with Gasteiger partial charge in [-0.3, -0.25) is 0 Å². The number of rotatable bonds is 8. The molecule has 0 spiro atoms. The summed E-state index contributed by atoms with van der Waals surface area (Å²) in [5.41, 5.74) is 1.55. The van der Waals surface area contributed by atoms with Crippen molar-refractivity contribution >= 4 is 23.1 Å². The second-order valence-electron chi connectivity index (χ2n) is 6.15. The minimum atomic E-state index is 0.0556. The van der Waals surface area contributed by atoms with E-state index in [0.29, 0.717) is 23.3 Å². The molecule has 0 unspecified atom stereocenters. The molecule has 3 rings (SSSR count). The van der Waals surface area contributed by atoms with E-state index in [-0.39, 0.29) is 6.10 Å². The van der Waals surface area contributed by atoms with Crippen molar-refractivity contribution in [2.75, 3.05) is 24.9 Å². The Kier molecular flexibility index (Phi) is 6.11. The Labute approximate surface area is 163 Å².